The Bertz CT molecular complexity index is 578. The van der Waals surface area contributed by atoms with Crippen molar-refractivity contribution in [1.82, 2.24) is 0 Å². The van der Waals surface area contributed by atoms with Crippen molar-refractivity contribution in [2.75, 3.05) is 0 Å². The van der Waals surface area contributed by atoms with E-state index in [1.807, 2.05) is 23.9 Å². The van der Waals surface area contributed by atoms with Gasteiger partial charge in [-0.15, -0.1) is 4.90 Å². The zero-order valence-electron chi connectivity index (χ0n) is 14.6. The summed E-state index contributed by atoms with van der Waals surface area (Å²) >= 11 is 1.83. The molecule has 0 aliphatic rings. The normalized spacial score (nSPS) is 12.0. The fourth-order valence-corrected chi connectivity index (χ4v) is 3.46. The summed E-state index contributed by atoms with van der Waals surface area (Å²) in [7, 11) is 0. The van der Waals surface area contributed by atoms with Crippen LogP contribution in [0.2, 0.25) is 0 Å². The van der Waals surface area contributed by atoms with Crippen LogP contribution >= 0.6 is 11.8 Å². The topological polar surface area (TPSA) is 0 Å². The van der Waals surface area contributed by atoms with Crippen molar-refractivity contribution in [2.45, 2.75) is 56.6 Å². The van der Waals surface area contributed by atoms with Gasteiger partial charge in [0.1, 0.15) is 0 Å². The Morgan fingerprint density at radius 3 is 2.52 bits per heavy atom. The minimum absolute atomic E-state index is 0. The van der Waals surface area contributed by atoms with Crippen molar-refractivity contribution in [3.8, 4) is 0 Å². The fourth-order valence-electron chi connectivity index (χ4n) is 2.66. The Labute approximate surface area is 171 Å². The molecule has 23 heavy (non-hydrogen) atoms. The molecule has 2 rings (SSSR count). The third kappa shape index (κ3) is 6.37. The van der Waals surface area contributed by atoms with Crippen molar-refractivity contribution in [3.05, 3.63) is 71.6 Å². The molecule has 0 aliphatic carbocycles. The first-order chi connectivity index (χ1) is 10.6. The van der Waals surface area contributed by atoms with Crippen LogP contribution < -0.4 is 0 Å². The molecule has 0 saturated heterocycles. The van der Waals surface area contributed by atoms with E-state index in [-0.39, 0.29) is 32.7 Å². The molecule has 0 aromatic heterocycles. The molecular formula is C21H25SY. The van der Waals surface area contributed by atoms with Gasteiger partial charge in [0.25, 0.3) is 0 Å². The van der Waals surface area contributed by atoms with Gasteiger partial charge in [0.05, 0.1) is 0 Å². The summed E-state index contributed by atoms with van der Waals surface area (Å²) < 4.78 is 0. The van der Waals surface area contributed by atoms with E-state index in [1.165, 1.54) is 21.6 Å². The summed E-state index contributed by atoms with van der Waals surface area (Å²) in [6.45, 7) is 8.97. The predicted molar refractivity (Wildman–Crippen MR) is 97.2 cm³/mol. The zero-order valence-corrected chi connectivity index (χ0v) is 18.3. The number of rotatable bonds is 7. The first-order valence-corrected chi connectivity index (χ1v) is 9.02. The number of hydrogen-bond donors (Lipinski definition) is 0. The summed E-state index contributed by atoms with van der Waals surface area (Å²) in [4.78, 5) is 1.19. The standard InChI is InChI=1S/C21H25S.Y/c1-5-9-17(4)21-14-18(12-13-20(21)16(2)3)15-22-19-10-7-6-8-11-19;/h5-8,10,12-13,16-17H,9,15H2,1-4H3;/q-3;+3. The molecule has 2 aromatic rings. The molecule has 0 heterocycles. The van der Waals surface area contributed by atoms with Crippen molar-refractivity contribution < 1.29 is 32.7 Å². The molecular weight excluding hydrogens is 373 g/mol. The monoisotopic (exact) mass is 398 g/mol. The minimum atomic E-state index is 0. The van der Waals surface area contributed by atoms with Crippen LogP contribution in [0.3, 0.4) is 0 Å². The summed E-state index contributed by atoms with van der Waals surface area (Å²) in [5, 5.41) is 0. The molecule has 1 unspecified atom stereocenters. The Morgan fingerprint density at radius 1 is 1.13 bits per heavy atom. The second-order valence-electron chi connectivity index (χ2n) is 6.07. The maximum absolute atomic E-state index is 3.69. The van der Waals surface area contributed by atoms with Crippen LogP contribution in [0.4, 0.5) is 0 Å². The van der Waals surface area contributed by atoms with Crippen LogP contribution in [-0.4, -0.2) is 0 Å². The Morgan fingerprint density at radius 2 is 1.91 bits per heavy atom. The Kier molecular flexibility index (Phi) is 9.74. The molecule has 0 nitrogen and oxygen atoms in total. The van der Waals surface area contributed by atoms with Crippen LogP contribution in [0, 0.1) is 18.6 Å². The molecule has 0 radical (unpaired) electrons. The van der Waals surface area contributed by atoms with E-state index in [0.29, 0.717) is 11.8 Å². The molecule has 118 valence electrons. The minimum Gasteiger partial charge on any atom is -0.331 e. The average Bonchev–Trinajstić information content (AvgIpc) is 2.53. The van der Waals surface area contributed by atoms with Gasteiger partial charge in [-0.25, -0.2) is 0 Å². The van der Waals surface area contributed by atoms with E-state index in [2.05, 4.69) is 70.5 Å². The first-order valence-electron chi connectivity index (χ1n) is 8.04. The Hall–Kier alpha value is -0.106. The smallest absolute Gasteiger partial charge is 0.331 e. The summed E-state index contributed by atoms with van der Waals surface area (Å²) in [6.07, 6.45) is 3.36. The van der Waals surface area contributed by atoms with Crippen molar-refractivity contribution in [2.24, 2.45) is 0 Å². The van der Waals surface area contributed by atoms with Gasteiger partial charge in [0.15, 0.2) is 0 Å². The maximum Gasteiger partial charge on any atom is 3.00 e. The third-order valence-corrected chi connectivity index (χ3v) is 4.86. The van der Waals surface area contributed by atoms with Crippen LogP contribution in [0.1, 0.15) is 62.6 Å². The van der Waals surface area contributed by atoms with Crippen LogP contribution in [0.15, 0.2) is 41.3 Å². The van der Waals surface area contributed by atoms with Gasteiger partial charge >= 0.3 is 32.7 Å². The van der Waals surface area contributed by atoms with E-state index in [1.54, 1.807) is 0 Å². The van der Waals surface area contributed by atoms with E-state index >= 15 is 0 Å². The molecule has 0 bridgehead atoms. The van der Waals surface area contributed by atoms with E-state index < -0.39 is 0 Å². The summed E-state index contributed by atoms with van der Waals surface area (Å²) in [5.74, 6) is 2.04. The summed E-state index contributed by atoms with van der Waals surface area (Å²) in [6, 6.07) is 19.7. The molecule has 0 saturated carbocycles. The fraction of sp³-hybridized carbons (Fsp3) is 0.381. The third-order valence-electron chi connectivity index (χ3n) is 3.84. The Balaban J connectivity index is 0.00000264. The molecule has 0 amide bonds. The van der Waals surface area contributed by atoms with Gasteiger partial charge < -0.3 is 6.42 Å². The second kappa shape index (κ2) is 10.7. The largest absolute Gasteiger partial charge is 3.00 e. The molecule has 0 spiro atoms. The van der Waals surface area contributed by atoms with Crippen molar-refractivity contribution >= 4 is 11.8 Å². The molecule has 0 fully saturated rings. The number of thioether (sulfide) groups is 1. The van der Waals surface area contributed by atoms with E-state index in [0.717, 1.165) is 12.2 Å². The van der Waals surface area contributed by atoms with Gasteiger partial charge in [-0.2, -0.15) is 90.3 Å². The predicted octanol–water partition coefficient (Wildman–Crippen LogP) is 6.42. The molecule has 1 atom stereocenters. The average molecular weight is 398 g/mol. The summed E-state index contributed by atoms with van der Waals surface area (Å²) in [5.41, 5.74) is 4.11. The van der Waals surface area contributed by atoms with E-state index in [9.17, 15) is 0 Å². The van der Waals surface area contributed by atoms with Gasteiger partial charge in [-0.05, 0) is 5.75 Å². The zero-order chi connectivity index (χ0) is 15.9. The van der Waals surface area contributed by atoms with E-state index in [4.69, 9.17) is 0 Å². The van der Waals surface area contributed by atoms with Gasteiger partial charge in [-0.1, -0.05) is 32.6 Å². The van der Waals surface area contributed by atoms with Crippen molar-refractivity contribution in [1.29, 1.82) is 0 Å². The maximum atomic E-state index is 3.69. The quantitative estimate of drug-likeness (QED) is 0.383. The molecule has 2 aromatic carbocycles. The number of benzene rings is 2. The number of hydrogen-bond acceptors (Lipinski definition) is 1. The molecule has 0 aliphatic heterocycles. The first kappa shape index (κ1) is 20.9. The van der Waals surface area contributed by atoms with Gasteiger partial charge in [0, 0.05) is 0 Å². The molecule has 2 heteroatoms. The van der Waals surface area contributed by atoms with Crippen molar-refractivity contribution in [3.63, 3.8) is 0 Å². The van der Waals surface area contributed by atoms with Gasteiger partial charge in [0.2, 0.25) is 0 Å². The second-order valence-corrected chi connectivity index (χ2v) is 7.08. The molecule has 0 N–H and O–H groups in total. The SMILES string of the molecule is C[CH-]CC(C)c1[c-]c(CSc2[c-]cccc2)ccc1C(C)C.[Y+3]. The van der Waals surface area contributed by atoms with Crippen LogP contribution in [0.5, 0.6) is 0 Å². The van der Waals surface area contributed by atoms with Gasteiger partial charge in [-0.3, -0.25) is 0 Å². The van der Waals surface area contributed by atoms with Crippen LogP contribution in [-0.2, 0) is 38.5 Å². The van der Waals surface area contributed by atoms with Crippen LogP contribution in [0.25, 0.3) is 0 Å².